The van der Waals surface area contributed by atoms with E-state index in [0.717, 1.165) is 12.2 Å². The molecule has 0 fully saturated rings. The molecule has 0 saturated heterocycles. The van der Waals surface area contributed by atoms with Gasteiger partial charge in [-0.3, -0.25) is 0 Å². The van der Waals surface area contributed by atoms with Crippen LogP contribution in [0.2, 0.25) is 0 Å². The summed E-state index contributed by atoms with van der Waals surface area (Å²) in [5.41, 5.74) is 1.99. The molecule has 2 aromatic rings. The molecule has 3 rings (SSSR count). The Morgan fingerprint density at radius 3 is 1.96 bits per heavy atom. The maximum absolute atomic E-state index is 13.0. The lowest BCUT2D eigenvalue weighted by atomic mass is 10.1. The summed E-state index contributed by atoms with van der Waals surface area (Å²) in [6.07, 6.45) is 8.62. The Morgan fingerprint density at radius 1 is 0.756 bits per heavy atom. The lowest BCUT2D eigenvalue weighted by Crippen LogP contribution is -2.09. The van der Waals surface area contributed by atoms with Gasteiger partial charge in [0.1, 0.15) is 23.0 Å². The molecule has 1 aliphatic rings. The zero-order valence-electron chi connectivity index (χ0n) is 25.4. The zero-order valence-corrected chi connectivity index (χ0v) is 25.4. The molecule has 0 atom stereocenters. The maximum atomic E-state index is 13.0. The van der Waals surface area contributed by atoms with Gasteiger partial charge >= 0.3 is 23.9 Å². The van der Waals surface area contributed by atoms with Crippen molar-refractivity contribution in [3.8, 4) is 11.5 Å². The SMILES string of the molecule is C=CC(=O)OCCCOc1ccc(C(=O)OC2=CC(C)=C(OC(=O)c3ccc(OCCCOC(=O)C=C)cc3C)C=CC2)cc1. The van der Waals surface area contributed by atoms with Crippen molar-refractivity contribution in [1.82, 2.24) is 0 Å². The predicted molar refractivity (Wildman–Crippen MR) is 166 cm³/mol. The minimum absolute atomic E-state index is 0.217. The van der Waals surface area contributed by atoms with E-state index in [4.69, 9.17) is 28.4 Å². The first-order valence-electron chi connectivity index (χ1n) is 14.3. The molecule has 0 spiro atoms. The Bertz CT molecular complexity index is 1490. The van der Waals surface area contributed by atoms with Crippen LogP contribution in [0.25, 0.3) is 0 Å². The Kier molecular flexibility index (Phi) is 13.4. The summed E-state index contributed by atoms with van der Waals surface area (Å²) < 4.78 is 32.4. The molecule has 0 bridgehead atoms. The number of benzene rings is 2. The van der Waals surface area contributed by atoms with E-state index in [1.807, 2.05) is 0 Å². The van der Waals surface area contributed by atoms with E-state index in [1.54, 1.807) is 74.5 Å². The predicted octanol–water partition coefficient (Wildman–Crippen LogP) is 6.12. The van der Waals surface area contributed by atoms with Crippen LogP contribution in [-0.4, -0.2) is 50.3 Å². The molecule has 1 aliphatic carbocycles. The molecule has 0 aromatic heterocycles. The Morgan fingerprint density at radius 2 is 1.36 bits per heavy atom. The molecule has 10 nitrogen and oxygen atoms in total. The van der Waals surface area contributed by atoms with E-state index in [9.17, 15) is 19.2 Å². The van der Waals surface area contributed by atoms with Crippen LogP contribution in [-0.2, 0) is 28.5 Å². The second-order valence-electron chi connectivity index (χ2n) is 9.69. The summed E-state index contributed by atoms with van der Waals surface area (Å²) in [5, 5.41) is 0. The standard InChI is InChI=1S/C35H36O10/c1-5-32(36)42-20-8-18-40-27-14-12-26(13-15-27)34(38)44-29-10-7-11-31(25(4)23-29)45-35(39)30-17-16-28(22-24(30)3)41-19-9-21-43-33(37)6-2/h5-7,11-17,22-23H,1-2,8-10,18-21H2,3-4H3. The molecule has 0 heterocycles. The van der Waals surface area contributed by atoms with Gasteiger partial charge in [-0.1, -0.05) is 19.2 Å². The van der Waals surface area contributed by atoms with Gasteiger partial charge in [0.2, 0.25) is 0 Å². The fourth-order valence-corrected chi connectivity index (χ4v) is 3.91. The number of esters is 4. The molecule has 0 saturated carbocycles. The summed E-state index contributed by atoms with van der Waals surface area (Å²) in [5.74, 6) is -0.183. The number of ether oxygens (including phenoxy) is 6. The first-order chi connectivity index (χ1) is 21.7. The third-order valence-corrected chi connectivity index (χ3v) is 6.23. The van der Waals surface area contributed by atoms with Gasteiger partial charge in [0.05, 0.1) is 37.6 Å². The van der Waals surface area contributed by atoms with Gasteiger partial charge in [0, 0.05) is 31.4 Å². The summed E-state index contributed by atoms with van der Waals surface area (Å²) in [6.45, 7) is 11.3. The van der Waals surface area contributed by atoms with Crippen molar-refractivity contribution in [2.24, 2.45) is 0 Å². The van der Waals surface area contributed by atoms with Crippen LogP contribution in [0.3, 0.4) is 0 Å². The molecule has 0 N–H and O–H groups in total. The van der Waals surface area contributed by atoms with Gasteiger partial charge in [-0.15, -0.1) is 0 Å². The molecule has 236 valence electrons. The monoisotopic (exact) mass is 616 g/mol. The third-order valence-electron chi connectivity index (χ3n) is 6.23. The highest BCUT2D eigenvalue weighted by atomic mass is 16.5. The van der Waals surface area contributed by atoms with Crippen molar-refractivity contribution in [1.29, 1.82) is 0 Å². The zero-order chi connectivity index (χ0) is 32.6. The fraction of sp³-hybridized carbons (Fsp3) is 0.257. The smallest absolute Gasteiger partial charge is 0.343 e. The number of rotatable bonds is 16. The maximum Gasteiger partial charge on any atom is 0.343 e. The molecular weight excluding hydrogens is 580 g/mol. The molecular formula is C35H36O10. The number of hydrogen-bond donors (Lipinski definition) is 0. The van der Waals surface area contributed by atoms with E-state index in [-0.39, 0.29) is 13.2 Å². The molecule has 10 heteroatoms. The normalized spacial score (nSPS) is 12.3. The summed E-state index contributed by atoms with van der Waals surface area (Å²) in [6, 6.07) is 11.5. The number of aryl methyl sites for hydroxylation is 1. The van der Waals surface area contributed by atoms with Crippen LogP contribution in [0.15, 0.2) is 103 Å². The van der Waals surface area contributed by atoms with Crippen LogP contribution in [0.5, 0.6) is 11.5 Å². The lowest BCUT2D eigenvalue weighted by Gasteiger charge is -2.11. The van der Waals surface area contributed by atoms with Gasteiger partial charge in [-0.25, -0.2) is 19.2 Å². The molecule has 0 amide bonds. The van der Waals surface area contributed by atoms with Crippen LogP contribution in [0.1, 0.15) is 52.5 Å². The highest BCUT2D eigenvalue weighted by molar-refractivity contribution is 5.92. The summed E-state index contributed by atoms with van der Waals surface area (Å²) in [4.78, 5) is 47.9. The van der Waals surface area contributed by atoms with Crippen LogP contribution in [0, 0.1) is 6.92 Å². The van der Waals surface area contributed by atoms with Crippen molar-refractivity contribution >= 4 is 23.9 Å². The fourth-order valence-electron chi connectivity index (χ4n) is 3.91. The van der Waals surface area contributed by atoms with Gasteiger partial charge < -0.3 is 28.4 Å². The highest BCUT2D eigenvalue weighted by Crippen LogP contribution is 2.24. The highest BCUT2D eigenvalue weighted by Gasteiger charge is 2.17. The second-order valence-corrected chi connectivity index (χ2v) is 9.69. The third kappa shape index (κ3) is 11.3. The molecule has 45 heavy (non-hydrogen) atoms. The second kappa shape index (κ2) is 17.7. The number of carbonyl (C=O) groups is 4. The minimum Gasteiger partial charge on any atom is -0.493 e. The van der Waals surface area contributed by atoms with E-state index >= 15 is 0 Å². The summed E-state index contributed by atoms with van der Waals surface area (Å²) in [7, 11) is 0. The van der Waals surface area contributed by atoms with Crippen molar-refractivity contribution in [3.05, 3.63) is 120 Å². The number of hydrogen-bond acceptors (Lipinski definition) is 10. The minimum atomic E-state index is -0.540. The first-order valence-corrected chi connectivity index (χ1v) is 14.3. The van der Waals surface area contributed by atoms with Crippen LogP contribution in [0.4, 0.5) is 0 Å². The molecule has 2 aromatic carbocycles. The van der Waals surface area contributed by atoms with Gasteiger partial charge in [-0.2, -0.15) is 0 Å². The topological polar surface area (TPSA) is 124 Å². The number of allylic oxidation sites excluding steroid dienone is 4. The van der Waals surface area contributed by atoms with Crippen LogP contribution >= 0.6 is 0 Å². The largest absolute Gasteiger partial charge is 0.493 e. The van der Waals surface area contributed by atoms with Gasteiger partial charge in [-0.05, 0) is 79.6 Å². The van der Waals surface area contributed by atoms with Crippen molar-refractivity contribution < 1.29 is 47.6 Å². The Hall–Kier alpha value is -5.38. The van der Waals surface area contributed by atoms with E-state index in [2.05, 4.69) is 13.2 Å². The molecule has 0 radical (unpaired) electrons. The van der Waals surface area contributed by atoms with E-state index in [1.165, 1.54) is 0 Å². The van der Waals surface area contributed by atoms with Crippen molar-refractivity contribution in [2.75, 3.05) is 26.4 Å². The van der Waals surface area contributed by atoms with E-state index < -0.39 is 23.9 Å². The average molecular weight is 617 g/mol. The summed E-state index contributed by atoms with van der Waals surface area (Å²) >= 11 is 0. The van der Waals surface area contributed by atoms with E-state index in [0.29, 0.717) is 77.8 Å². The average Bonchev–Trinajstić information content (AvgIpc) is 3.20. The van der Waals surface area contributed by atoms with Gasteiger partial charge in [0.25, 0.3) is 0 Å². The molecule has 0 unspecified atom stereocenters. The molecule has 0 aliphatic heterocycles. The number of carbonyl (C=O) groups excluding carboxylic acids is 4. The Balaban J connectivity index is 1.52. The Labute approximate surface area is 262 Å². The van der Waals surface area contributed by atoms with Crippen molar-refractivity contribution in [2.45, 2.75) is 33.1 Å². The first kappa shape index (κ1) is 34.1. The van der Waals surface area contributed by atoms with Crippen molar-refractivity contribution in [3.63, 3.8) is 0 Å². The lowest BCUT2D eigenvalue weighted by molar-refractivity contribution is -0.138. The van der Waals surface area contributed by atoms with Crippen LogP contribution < -0.4 is 9.47 Å². The van der Waals surface area contributed by atoms with Gasteiger partial charge in [0.15, 0.2) is 0 Å². The quantitative estimate of drug-likeness (QED) is 0.0943.